The van der Waals surface area contributed by atoms with Crippen molar-refractivity contribution in [1.29, 1.82) is 0 Å². The molecule has 2 heteroatoms. The number of nitrogens with zero attached hydrogens (tertiary/aromatic N) is 1. The Morgan fingerprint density at radius 2 is 1.61 bits per heavy atom. The quantitative estimate of drug-likeness (QED) is 0.226. The maximum atomic E-state index is 6.65. The number of hydrogen-bond acceptors (Lipinski definition) is 1. The maximum Gasteiger partial charge on any atom is 0.228 e. The molecule has 0 bridgehead atoms. The minimum atomic E-state index is 0.945. The Morgan fingerprint density at radius 3 is 2.50 bits per heavy atom. The second kappa shape index (κ2) is 5.32. The molecule has 0 atom stereocenters. The van der Waals surface area contributed by atoms with E-state index in [9.17, 15) is 0 Å². The van der Waals surface area contributed by atoms with Crippen LogP contribution in [0.2, 0.25) is 0 Å². The van der Waals surface area contributed by atoms with Crippen molar-refractivity contribution in [2.75, 3.05) is 0 Å². The summed E-state index contributed by atoms with van der Waals surface area (Å²) in [4.78, 5) is 0. The summed E-state index contributed by atoms with van der Waals surface area (Å²) in [6.45, 7) is 4.34. The third-order valence-corrected chi connectivity index (χ3v) is 6.07. The SMILES string of the molecule is Cc1ccc2cc3cc[n+](C)c4c3c(c2c1)Oc1cc2ccccc2c(C)c1-4. The van der Waals surface area contributed by atoms with Crippen LogP contribution in [0.15, 0.2) is 66.9 Å². The van der Waals surface area contributed by atoms with Gasteiger partial charge < -0.3 is 4.74 Å². The standard InChI is InChI=1S/C26H20NO/c1-15-8-9-18-13-19-10-11-27(3)25-23-16(2)20-7-5-4-6-17(20)14-22(23)28-26(24(19)25)21(18)12-15/h4-14H,1-3H3/q+1. The predicted molar refractivity (Wildman–Crippen MR) is 115 cm³/mol. The van der Waals surface area contributed by atoms with Crippen molar-refractivity contribution in [2.24, 2.45) is 7.05 Å². The van der Waals surface area contributed by atoms with Crippen molar-refractivity contribution in [2.45, 2.75) is 13.8 Å². The Labute approximate surface area is 163 Å². The Balaban J connectivity index is 1.86. The van der Waals surface area contributed by atoms with Gasteiger partial charge in [-0.3, -0.25) is 0 Å². The minimum Gasteiger partial charge on any atom is -0.455 e. The molecule has 0 unspecified atom stereocenters. The highest BCUT2D eigenvalue weighted by Gasteiger charge is 2.31. The molecule has 4 aromatic carbocycles. The second-order valence-corrected chi connectivity index (χ2v) is 7.87. The molecule has 0 aliphatic carbocycles. The van der Waals surface area contributed by atoms with E-state index in [0.717, 1.165) is 11.5 Å². The number of rotatable bonds is 0. The van der Waals surface area contributed by atoms with Crippen molar-refractivity contribution in [3.8, 4) is 22.8 Å². The molecule has 0 amide bonds. The highest BCUT2D eigenvalue weighted by atomic mass is 16.5. The van der Waals surface area contributed by atoms with E-state index in [1.54, 1.807) is 0 Å². The van der Waals surface area contributed by atoms with Crippen LogP contribution in [0.5, 0.6) is 11.5 Å². The van der Waals surface area contributed by atoms with Crippen LogP contribution in [-0.4, -0.2) is 0 Å². The molecule has 6 rings (SSSR count). The van der Waals surface area contributed by atoms with Crippen LogP contribution in [-0.2, 0) is 7.05 Å². The van der Waals surface area contributed by atoms with Gasteiger partial charge in [0.05, 0.1) is 10.9 Å². The Bertz CT molecular complexity index is 1460. The molecule has 134 valence electrons. The first-order valence-electron chi connectivity index (χ1n) is 9.68. The van der Waals surface area contributed by atoms with E-state index in [-0.39, 0.29) is 0 Å². The average Bonchev–Trinajstić information content (AvgIpc) is 2.70. The van der Waals surface area contributed by atoms with Gasteiger partial charge in [-0.15, -0.1) is 0 Å². The summed E-state index contributed by atoms with van der Waals surface area (Å²) < 4.78 is 8.88. The van der Waals surface area contributed by atoms with Crippen LogP contribution in [0.1, 0.15) is 11.1 Å². The van der Waals surface area contributed by atoms with E-state index in [0.29, 0.717) is 0 Å². The van der Waals surface area contributed by atoms with Crippen molar-refractivity contribution >= 4 is 32.3 Å². The fraction of sp³-hybridized carbons (Fsp3) is 0.115. The van der Waals surface area contributed by atoms with Gasteiger partial charge in [0.25, 0.3) is 0 Å². The lowest BCUT2D eigenvalue weighted by Gasteiger charge is -2.23. The molecule has 2 heterocycles. The molecule has 2 nitrogen and oxygen atoms in total. The lowest BCUT2D eigenvalue weighted by atomic mass is 9.90. The molecule has 0 radical (unpaired) electrons. The summed E-state index contributed by atoms with van der Waals surface area (Å²) in [5, 5.41) is 7.31. The van der Waals surface area contributed by atoms with Gasteiger partial charge in [0, 0.05) is 11.5 Å². The highest BCUT2D eigenvalue weighted by molar-refractivity contribution is 6.13. The van der Waals surface area contributed by atoms with E-state index in [2.05, 4.69) is 92.3 Å². The molecular formula is C26H20NO+. The molecule has 28 heavy (non-hydrogen) atoms. The average molecular weight is 362 g/mol. The van der Waals surface area contributed by atoms with Crippen molar-refractivity contribution < 1.29 is 9.30 Å². The van der Waals surface area contributed by atoms with Gasteiger partial charge in [-0.05, 0) is 59.2 Å². The summed E-state index contributed by atoms with van der Waals surface area (Å²) in [7, 11) is 2.13. The molecular weight excluding hydrogens is 342 g/mol. The van der Waals surface area contributed by atoms with Gasteiger partial charge in [-0.2, -0.15) is 0 Å². The normalized spacial score (nSPS) is 12.4. The largest absolute Gasteiger partial charge is 0.455 e. The molecule has 5 aromatic rings. The number of fused-ring (bicyclic) bond motifs is 5. The van der Waals surface area contributed by atoms with Gasteiger partial charge in [-0.1, -0.05) is 42.0 Å². The van der Waals surface area contributed by atoms with Crippen LogP contribution in [0.4, 0.5) is 0 Å². The summed E-state index contributed by atoms with van der Waals surface area (Å²) >= 11 is 0. The predicted octanol–water partition coefficient (Wildman–Crippen LogP) is 6.36. The summed E-state index contributed by atoms with van der Waals surface area (Å²) in [5.41, 5.74) is 4.95. The van der Waals surface area contributed by atoms with E-state index in [1.807, 2.05) is 0 Å². The molecule has 0 N–H and O–H groups in total. The Hall–Kier alpha value is -3.39. The summed E-state index contributed by atoms with van der Waals surface area (Å²) in [5.74, 6) is 1.92. The zero-order valence-corrected chi connectivity index (χ0v) is 16.2. The smallest absolute Gasteiger partial charge is 0.228 e. The molecule has 1 aliphatic heterocycles. The summed E-state index contributed by atoms with van der Waals surface area (Å²) in [6, 6.07) is 21.8. The lowest BCUT2D eigenvalue weighted by Crippen LogP contribution is -2.31. The number of hydrogen-bond donors (Lipinski definition) is 0. The van der Waals surface area contributed by atoms with Crippen LogP contribution < -0.4 is 9.30 Å². The number of aryl methyl sites for hydroxylation is 3. The molecule has 1 aliphatic rings. The topological polar surface area (TPSA) is 13.1 Å². The van der Waals surface area contributed by atoms with Gasteiger partial charge >= 0.3 is 0 Å². The van der Waals surface area contributed by atoms with E-state index >= 15 is 0 Å². The summed E-state index contributed by atoms with van der Waals surface area (Å²) in [6.07, 6.45) is 2.16. The van der Waals surface area contributed by atoms with Crippen molar-refractivity contribution in [3.05, 3.63) is 78.0 Å². The third-order valence-electron chi connectivity index (χ3n) is 6.07. The number of pyridine rings is 1. The van der Waals surface area contributed by atoms with Gasteiger partial charge in [0.15, 0.2) is 6.20 Å². The molecule has 0 saturated carbocycles. The van der Waals surface area contributed by atoms with Crippen molar-refractivity contribution in [1.82, 2.24) is 0 Å². The number of aromatic nitrogens is 1. The maximum absolute atomic E-state index is 6.65. The zero-order valence-electron chi connectivity index (χ0n) is 16.2. The Morgan fingerprint density at radius 1 is 0.786 bits per heavy atom. The monoisotopic (exact) mass is 362 g/mol. The van der Waals surface area contributed by atoms with E-state index < -0.39 is 0 Å². The van der Waals surface area contributed by atoms with Crippen molar-refractivity contribution in [3.63, 3.8) is 0 Å². The minimum absolute atomic E-state index is 0.945. The van der Waals surface area contributed by atoms with Gasteiger partial charge in [0.1, 0.15) is 18.5 Å². The fourth-order valence-corrected chi connectivity index (χ4v) is 4.71. The zero-order chi connectivity index (χ0) is 19.0. The van der Waals surface area contributed by atoms with Gasteiger partial charge in [0.2, 0.25) is 5.69 Å². The van der Waals surface area contributed by atoms with Crippen LogP contribution in [0.3, 0.4) is 0 Å². The van der Waals surface area contributed by atoms with Crippen LogP contribution in [0.25, 0.3) is 43.6 Å². The van der Waals surface area contributed by atoms with Crippen LogP contribution in [0, 0.1) is 13.8 Å². The van der Waals surface area contributed by atoms with E-state index in [1.165, 1.54) is 54.7 Å². The molecule has 0 spiro atoms. The first-order chi connectivity index (χ1) is 13.6. The Kier molecular flexibility index (Phi) is 2.98. The fourth-order valence-electron chi connectivity index (χ4n) is 4.71. The molecule has 1 aromatic heterocycles. The van der Waals surface area contributed by atoms with E-state index in [4.69, 9.17) is 4.74 Å². The van der Waals surface area contributed by atoms with Gasteiger partial charge in [-0.25, -0.2) is 4.57 Å². The molecule has 0 saturated heterocycles. The van der Waals surface area contributed by atoms with Crippen LogP contribution >= 0.6 is 0 Å². The first-order valence-corrected chi connectivity index (χ1v) is 9.68. The number of benzene rings is 4. The number of ether oxygens (including phenoxy) is 1. The third kappa shape index (κ3) is 1.95. The second-order valence-electron chi connectivity index (χ2n) is 7.87. The highest BCUT2D eigenvalue weighted by Crippen LogP contribution is 2.50. The molecule has 0 fully saturated rings. The first kappa shape index (κ1) is 15.6. The lowest BCUT2D eigenvalue weighted by molar-refractivity contribution is -0.659.